The molecule has 0 radical (unpaired) electrons. The molecule has 0 aliphatic rings. The molecule has 1 N–H and O–H groups in total. The Labute approximate surface area is 147 Å². The van der Waals surface area contributed by atoms with E-state index in [4.69, 9.17) is 14.2 Å². The number of methoxy groups -OCH3 is 2. The van der Waals surface area contributed by atoms with Crippen LogP contribution in [0, 0.1) is 0 Å². The van der Waals surface area contributed by atoms with E-state index in [0.29, 0.717) is 21.7 Å². The van der Waals surface area contributed by atoms with Crippen molar-refractivity contribution < 1.29 is 23.8 Å². The molecule has 0 fully saturated rings. The quantitative estimate of drug-likeness (QED) is 0.762. The van der Waals surface area contributed by atoms with E-state index in [1.807, 2.05) is 0 Å². The van der Waals surface area contributed by atoms with E-state index in [1.54, 1.807) is 36.4 Å². The molecule has 1 amide bonds. The Bertz CT molecular complexity index is 748. The lowest BCUT2D eigenvalue weighted by molar-refractivity contribution is -0.119. The molecule has 2 aromatic carbocycles. The van der Waals surface area contributed by atoms with E-state index in [9.17, 15) is 9.59 Å². The van der Waals surface area contributed by atoms with Gasteiger partial charge in [0.1, 0.15) is 11.5 Å². The van der Waals surface area contributed by atoms with Crippen molar-refractivity contribution in [1.82, 2.24) is 0 Å². The van der Waals surface area contributed by atoms with Crippen molar-refractivity contribution in [1.29, 1.82) is 0 Å². The highest BCUT2D eigenvalue weighted by molar-refractivity contribution is 9.10. The van der Waals surface area contributed by atoms with Gasteiger partial charge < -0.3 is 19.5 Å². The molecule has 0 unspecified atom stereocenters. The maximum absolute atomic E-state index is 12.1. The molecule has 2 rings (SSSR count). The number of hydrogen-bond donors (Lipinski definition) is 1. The molecule has 0 saturated heterocycles. The zero-order chi connectivity index (χ0) is 17.5. The van der Waals surface area contributed by atoms with Crippen LogP contribution in [0.3, 0.4) is 0 Å². The third-order valence-corrected chi connectivity index (χ3v) is 3.77. The van der Waals surface area contributed by atoms with E-state index in [1.165, 1.54) is 20.3 Å². The number of esters is 1. The van der Waals surface area contributed by atoms with E-state index in [2.05, 4.69) is 21.2 Å². The van der Waals surface area contributed by atoms with E-state index in [0.717, 1.165) is 0 Å². The minimum atomic E-state index is -0.624. The van der Waals surface area contributed by atoms with Crippen molar-refractivity contribution in [3.63, 3.8) is 0 Å². The van der Waals surface area contributed by atoms with Gasteiger partial charge in [-0.15, -0.1) is 0 Å². The maximum atomic E-state index is 12.1. The standard InChI is InChI=1S/C17H16BrNO5/c1-22-12-5-3-4-11(8-12)19-16(20)10-24-17(21)14-9-13(23-2)6-7-15(14)18/h3-9H,10H2,1-2H3,(H,19,20). The Morgan fingerprint density at radius 1 is 1.04 bits per heavy atom. The fourth-order valence-corrected chi connectivity index (χ4v) is 2.30. The van der Waals surface area contributed by atoms with Gasteiger partial charge in [-0.2, -0.15) is 0 Å². The summed E-state index contributed by atoms with van der Waals surface area (Å²) in [5, 5.41) is 2.63. The summed E-state index contributed by atoms with van der Waals surface area (Å²) < 4.78 is 15.7. The average molecular weight is 394 g/mol. The molecular formula is C17H16BrNO5. The second-order valence-electron chi connectivity index (χ2n) is 4.70. The Balaban J connectivity index is 1.94. The van der Waals surface area contributed by atoms with Crippen molar-refractivity contribution in [2.24, 2.45) is 0 Å². The number of carbonyl (C=O) groups is 2. The first-order valence-electron chi connectivity index (χ1n) is 6.98. The first-order valence-corrected chi connectivity index (χ1v) is 7.77. The minimum Gasteiger partial charge on any atom is -0.497 e. The zero-order valence-electron chi connectivity index (χ0n) is 13.2. The van der Waals surface area contributed by atoms with Crippen LogP contribution in [0.5, 0.6) is 11.5 Å². The van der Waals surface area contributed by atoms with Gasteiger partial charge in [0.15, 0.2) is 6.61 Å². The van der Waals surface area contributed by atoms with Gasteiger partial charge in [0.25, 0.3) is 5.91 Å². The summed E-state index contributed by atoms with van der Waals surface area (Å²) in [5.74, 6) is 0.0632. The highest BCUT2D eigenvalue weighted by atomic mass is 79.9. The molecule has 0 aliphatic carbocycles. The van der Waals surface area contributed by atoms with E-state index >= 15 is 0 Å². The predicted octanol–water partition coefficient (Wildman–Crippen LogP) is 3.26. The third-order valence-electron chi connectivity index (χ3n) is 3.08. The van der Waals surface area contributed by atoms with Crippen LogP contribution in [0.25, 0.3) is 0 Å². The highest BCUT2D eigenvalue weighted by Crippen LogP contribution is 2.23. The molecule has 0 atom stereocenters. The number of benzene rings is 2. The van der Waals surface area contributed by atoms with Crippen molar-refractivity contribution in [2.45, 2.75) is 0 Å². The maximum Gasteiger partial charge on any atom is 0.339 e. The van der Waals surface area contributed by atoms with E-state index in [-0.39, 0.29) is 5.56 Å². The number of anilines is 1. The average Bonchev–Trinajstić information content (AvgIpc) is 2.60. The van der Waals surface area contributed by atoms with Gasteiger partial charge in [-0.3, -0.25) is 4.79 Å². The lowest BCUT2D eigenvalue weighted by Gasteiger charge is -2.09. The Kier molecular flexibility index (Phi) is 6.20. The molecule has 0 aliphatic heterocycles. The normalized spacial score (nSPS) is 9.96. The summed E-state index contributed by atoms with van der Waals surface area (Å²) in [6, 6.07) is 11.8. The monoisotopic (exact) mass is 393 g/mol. The summed E-state index contributed by atoms with van der Waals surface area (Å²) in [4.78, 5) is 24.0. The molecule has 2 aromatic rings. The van der Waals surface area contributed by atoms with Gasteiger partial charge in [-0.1, -0.05) is 6.07 Å². The van der Waals surface area contributed by atoms with Crippen LogP contribution in [0.4, 0.5) is 5.69 Å². The molecule has 0 spiro atoms. The Morgan fingerprint density at radius 3 is 2.46 bits per heavy atom. The van der Waals surface area contributed by atoms with Crippen LogP contribution in [0.1, 0.15) is 10.4 Å². The lowest BCUT2D eigenvalue weighted by Crippen LogP contribution is -2.21. The van der Waals surface area contributed by atoms with Crippen molar-refractivity contribution in [2.75, 3.05) is 26.1 Å². The van der Waals surface area contributed by atoms with Crippen LogP contribution in [0.15, 0.2) is 46.9 Å². The molecule has 126 valence electrons. The summed E-state index contributed by atoms with van der Waals surface area (Å²) in [5.41, 5.74) is 0.835. The molecule has 0 heterocycles. The van der Waals surface area contributed by atoms with Crippen molar-refractivity contribution >= 4 is 33.5 Å². The topological polar surface area (TPSA) is 73.9 Å². The Morgan fingerprint density at radius 2 is 1.75 bits per heavy atom. The molecule has 24 heavy (non-hydrogen) atoms. The largest absolute Gasteiger partial charge is 0.497 e. The second-order valence-corrected chi connectivity index (χ2v) is 5.56. The molecular weight excluding hydrogens is 378 g/mol. The highest BCUT2D eigenvalue weighted by Gasteiger charge is 2.15. The summed E-state index contributed by atoms with van der Waals surface area (Å²) >= 11 is 3.27. The molecule has 6 nitrogen and oxygen atoms in total. The van der Waals surface area contributed by atoms with Crippen LogP contribution >= 0.6 is 15.9 Å². The molecule has 7 heteroatoms. The summed E-state index contributed by atoms with van der Waals surface area (Å²) in [6.07, 6.45) is 0. The zero-order valence-corrected chi connectivity index (χ0v) is 14.8. The van der Waals surface area contributed by atoms with Gasteiger partial charge in [0.2, 0.25) is 0 Å². The number of ether oxygens (including phenoxy) is 3. The van der Waals surface area contributed by atoms with Gasteiger partial charge in [0.05, 0.1) is 19.8 Å². The summed E-state index contributed by atoms with van der Waals surface area (Å²) in [6.45, 7) is -0.403. The van der Waals surface area contributed by atoms with Gasteiger partial charge >= 0.3 is 5.97 Å². The predicted molar refractivity (Wildman–Crippen MR) is 92.6 cm³/mol. The molecule has 0 saturated carbocycles. The van der Waals surface area contributed by atoms with Gasteiger partial charge in [-0.05, 0) is 46.3 Å². The number of amides is 1. The first kappa shape index (κ1) is 17.8. The van der Waals surface area contributed by atoms with Crippen LogP contribution < -0.4 is 14.8 Å². The number of halogens is 1. The second kappa shape index (κ2) is 8.35. The molecule has 0 aromatic heterocycles. The smallest absolute Gasteiger partial charge is 0.339 e. The van der Waals surface area contributed by atoms with Crippen LogP contribution in [-0.2, 0) is 9.53 Å². The van der Waals surface area contributed by atoms with Gasteiger partial charge in [0, 0.05) is 16.2 Å². The number of rotatable bonds is 6. The van der Waals surface area contributed by atoms with Crippen LogP contribution in [-0.4, -0.2) is 32.7 Å². The lowest BCUT2D eigenvalue weighted by atomic mass is 10.2. The number of carbonyl (C=O) groups excluding carboxylic acids is 2. The number of hydrogen-bond acceptors (Lipinski definition) is 5. The van der Waals surface area contributed by atoms with Gasteiger partial charge in [-0.25, -0.2) is 4.79 Å². The number of nitrogens with one attached hydrogen (secondary N) is 1. The third kappa shape index (κ3) is 4.73. The molecule has 0 bridgehead atoms. The summed E-state index contributed by atoms with van der Waals surface area (Å²) in [7, 11) is 3.04. The fraction of sp³-hybridized carbons (Fsp3) is 0.176. The van der Waals surface area contributed by atoms with Crippen molar-refractivity contribution in [3.05, 3.63) is 52.5 Å². The fourth-order valence-electron chi connectivity index (χ4n) is 1.89. The van der Waals surface area contributed by atoms with Crippen molar-refractivity contribution in [3.8, 4) is 11.5 Å². The minimum absolute atomic E-state index is 0.281. The van der Waals surface area contributed by atoms with E-state index < -0.39 is 18.5 Å². The van der Waals surface area contributed by atoms with Crippen LogP contribution in [0.2, 0.25) is 0 Å². The first-order chi connectivity index (χ1) is 11.5. The Hall–Kier alpha value is -2.54. The SMILES string of the molecule is COc1cccc(NC(=O)COC(=O)c2cc(OC)ccc2Br)c1.